The van der Waals surface area contributed by atoms with Gasteiger partial charge in [-0.2, -0.15) is 0 Å². The highest BCUT2D eigenvalue weighted by Crippen LogP contribution is 2.34. The van der Waals surface area contributed by atoms with Crippen LogP contribution in [0.25, 0.3) is 0 Å². The molecule has 72 valence electrons. The third-order valence-corrected chi connectivity index (χ3v) is 2.20. The lowest BCUT2D eigenvalue weighted by Crippen LogP contribution is -2.32. The predicted octanol–water partition coefficient (Wildman–Crippen LogP) is 1.78. The number of Topliss-reactive ketones (excluding diaryl/α,β-unsaturated/α-hetero) is 2. The molecule has 1 rings (SSSR count). The molecule has 0 spiro atoms. The van der Waals surface area contributed by atoms with Crippen molar-refractivity contribution in [3.63, 3.8) is 0 Å². The van der Waals surface area contributed by atoms with Crippen molar-refractivity contribution in [3.8, 4) is 0 Å². The number of rotatable bonds is 0. The van der Waals surface area contributed by atoms with Gasteiger partial charge in [0.2, 0.25) is 0 Å². The van der Waals surface area contributed by atoms with E-state index in [1.54, 1.807) is 0 Å². The number of aliphatic hydroxyl groups is 1. The first-order valence-corrected chi connectivity index (χ1v) is 4.30. The van der Waals surface area contributed by atoms with Gasteiger partial charge in [0.05, 0.1) is 5.57 Å². The molecule has 0 aromatic carbocycles. The van der Waals surface area contributed by atoms with Gasteiger partial charge in [-0.1, -0.05) is 13.8 Å². The van der Waals surface area contributed by atoms with E-state index in [1.165, 1.54) is 6.92 Å². The summed E-state index contributed by atoms with van der Waals surface area (Å²) >= 11 is 0. The summed E-state index contributed by atoms with van der Waals surface area (Å²) in [4.78, 5) is 22.8. The van der Waals surface area contributed by atoms with Crippen LogP contribution in [0.5, 0.6) is 0 Å². The molecule has 0 aliphatic heterocycles. The minimum Gasteiger partial charge on any atom is -0.512 e. The molecule has 0 amide bonds. The number of ketones is 2. The smallest absolute Gasteiger partial charge is 0.170 e. The van der Waals surface area contributed by atoms with Gasteiger partial charge in [0.25, 0.3) is 0 Å². The highest BCUT2D eigenvalue weighted by atomic mass is 16.3. The average Bonchev–Trinajstić information content (AvgIpc) is 1.78. The van der Waals surface area contributed by atoms with Crippen LogP contribution in [0.3, 0.4) is 0 Å². The minimum absolute atomic E-state index is 0.000625. The van der Waals surface area contributed by atoms with Crippen LogP contribution in [0, 0.1) is 5.41 Å². The Bertz CT molecular complexity index is 271. The van der Waals surface area contributed by atoms with E-state index in [0.29, 0.717) is 12.8 Å². The zero-order chi connectivity index (χ0) is 10.2. The number of aliphatic hydroxyl groups excluding tert-OH is 1. The van der Waals surface area contributed by atoms with Gasteiger partial charge in [0.1, 0.15) is 5.76 Å². The molecule has 1 aliphatic rings. The fourth-order valence-corrected chi connectivity index (χ4v) is 1.67. The van der Waals surface area contributed by atoms with E-state index in [2.05, 4.69) is 0 Å². The molecule has 0 saturated heterocycles. The van der Waals surface area contributed by atoms with Gasteiger partial charge in [-0.25, -0.2) is 0 Å². The van der Waals surface area contributed by atoms with Crippen molar-refractivity contribution in [1.82, 2.24) is 0 Å². The van der Waals surface area contributed by atoms with Gasteiger partial charge in [0, 0.05) is 12.8 Å². The largest absolute Gasteiger partial charge is 0.512 e. The maximum absolute atomic E-state index is 11.4. The van der Waals surface area contributed by atoms with Crippen molar-refractivity contribution in [2.24, 2.45) is 5.41 Å². The quantitative estimate of drug-likeness (QED) is 0.353. The molecule has 1 fully saturated rings. The SMILES string of the molecule is CC(O)=C1C(=O)CC(C)(C)CC1=O. The molecular weight excluding hydrogens is 168 g/mol. The number of hydrogen-bond donors (Lipinski definition) is 1. The summed E-state index contributed by atoms with van der Waals surface area (Å²) in [6.07, 6.45) is 0.679. The second kappa shape index (κ2) is 2.98. The van der Waals surface area contributed by atoms with E-state index in [0.717, 1.165) is 0 Å². The maximum Gasteiger partial charge on any atom is 0.170 e. The van der Waals surface area contributed by atoms with Crippen molar-refractivity contribution in [2.45, 2.75) is 33.6 Å². The summed E-state index contributed by atoms with van der Waals surface area (Å²) in [7, 11) is 0. The van der Waals surface area contributed by atoms with Crippen LogP contribution in [0.15, 0.2) is 11.3 Å². The van der Waals surface area contributed by atoms with Crippen LogP contribution in [-0.4, -0.2) is 16.7 Å². The highest BCUT2D eigenvalue weighted by Gasteiger charge is 2.36. The zero-order valence-corrected chi connectivity index (χ0v) is 8.18. The molecule has 0 aromatic heterocycles. The van der Waals surface area contributed by atoms with Gasteiger partial charge in [-0.05, 0) is 12.3 Å². The second-order valence-corrected chi connectivity index (χ2v) is 4.32. The first-order valence-electron chi connectivity index (χ1n) is 4.30. The Hall–Kier alpha value is -1.12. The lowest BCUT2D eigenvalue weighted by atomic mass is 9.74. The van der Waals surface area contributed by atoms with Crippen LogP contribution in [0.1, 0.15) is 33.6 Å². The number of carbonyl (C=O) groups excluding carboxylic acids is 2. The van der Waals surface area contributed by atoms with Gasteiger partial charge in [-0.3, -0.25) is 9.59 Å². The lowest BCUT2D eigenvalue weighted by molar-refractivity contribution is -0.127. The molecule has 1 N–H and O–H groups in total. The predicted molar refractivity (Wildman–Crippen MR) is 48.4 cm³/mol. The number of hydrogen-bond acceptors (Lipinski definition) is 3. The summed E-state index contributed by atoms with van der Waals surface area (Å²) in [6.45, 7) is 5.14. The fourth-order valence-electron chi connectivity index (χ4n) is 1.67. The molecule has 0 radical (unpaired) electrons. The van der Waals surface area contributed by atoms with Crippen molar-refractivity contribution in [1.29, 1.82) is 0 Å². The van der Waals surface area contributed by atoms with E-state index >= 15 is 0 Å². The van der Waals surface area contributed by atoms with Crippen LogP contribution in [0.2, 0.25) is 0 Å². The third kappa shape index (κ3) is 1.97. The fraction of sp³-hybridized carbons (Fsp3) is 0.600. The Morgan fingerprint density at radius 3 is 1.92 bits per heavy atom. The van der Waals surface area contributed by atoms with Crippen LogP contribution in [0.4, 0.5) is 0 Å². The monoisotopic (exact) mass is 182 g/mol. The zero-order valence-electron chi connectivity index (χ0n) is 8.18. The Balaban J connectivity index is 3.04. The highest BCUT2D eigenvalue weighted by molar-refractivity contribution is 6.22. The normalized spacial score (nSPS) is 21.9. The summed E-state index contributed by atoms with van der Waals surface area (Å²) in [5.41, 5.74) is -0.257. The van der Waals surface area contributed by atoms with Gasteiger partial charge in [-0.15, -0.1) is 0 Å². The average molecular weight is 182 g/mol. The molecule has 0 aromatic rings. The van der Waals surface area contributed by atoms with Crippen LogP contribution >= 0.6 is 0 Å². The topological polar surface area (TPSA) is 54.4 Å². The minimum atomic E-state index is -0.257. The van der Waals surface area contributed by atoms with Crippen LogP contribution in [-0.2, 0) is 9.59 Å². The molecule has 0 bridgehead atoms. The first-order chi connectivity index (χ1) is 5.83. The summed E-state index contributed by atoms with van der Waals surface area (Å²) in [5, 5.41) is 9.13. The van der Waals surface area contributed by atoms with E-state index in [-0.39, 0.29) is 28.3 Å². The molecule has 0 heterocycles. The van der Waals surface area contributed by atoms with Crippen LogP contribution < -0.4 is 0 Å². The molecule has 0 unspecified atom stereocenters. The van der Waals surface area contributed by atoms with Crippen molar-refractivity contribution in [2.75, 3.05) is 0 Å². The molecule has 0 atom stereocenters. The van der Waals surface area contributed by atoms with Crippen molar-refractivity contribution < 1.29 is 14.7 Å². The van der Waals surface area contributed by atoms with E-state index < -0.39 is 0 Å². The maximum atomic E-state index is 11.4. The number of allylic oxidation sites excluding steroid dienone is 2. The van der Waals surface area contributed by atoms with Gasteiger partial charge >= 0.3 is 0 Å². The summed E-state index contributed by atoms with van der Waals surface area (Å²) in [5.74, 6) is -0.618. The Morgan fingerprint density at radius 2 is 1.62 bits per heavy atom. The summed E-state index contributed by atoms with van der Waals surface area (Å²) in [6, 6.07) is 0. The lowest BCUT2D eigenvalue weighted by Gasteiger charge is -2.28. The molecular formula is C10H14O3. The van der Waals surface area contributed by atoms with E-state index in [4.69, 9.17) is 5.11 Å². The van der Waals surface area contributed by atoms with E-state index in [1.807, 2.05) is 13.8 Å². The number of carbonyl (C=O) groups is 2. The van der Waals surface area contributed by atoms with Gasteiger partial charge in [0.15, 0.2) is 11.6 Å². The molecule has 3 nitrogen and oxygen atoms in total. The van der Waals surface area contributed by atoms with Crippen molar-refractivity contribution >= 4 is 11.6 Å². The molecule has 3 heteroatoms. The Morgan fingerprint density at radius 1 is 1.23 bits per heavy atom. The Kier molecular flexibility index (Phi) is 2.28. The van der Waals surface area contributed by atoms with Gasteiger partial charge < -0.3 is 5.11 Å². The van der Waals surface area contributed by atoms with E-state index in [9.17, 15) is 9.59 Å². The third-order valence-electron chi connectivity index (χ3n) is 2.20. The van der Waals surface area contributed by atoms with Crippen molar-refractivity contribution in [3.05, 3.63) is 11.3 Å². The molecule has 1 aliphatic carbocycles. The first kappa shape index (κ1) is 9.96. The Labute approximate surface area is 77.4 Å². The summed E-state index contributed by atoms with van der Waals surface area (Å²) < 4.78 is 0. The second-order valence-electron chi connectivity index (χ2n) is 4.32. The standard InChI is InChI=1S/C10H14O3/c1-6(11)9-7(12)4-10(2,3)5-8(9)13/h11H,4-5H2,1-3H3. The molecule has 13 heavy (non-hydrogen) atoms. The molecule has 1 saturated carbocycles.